The third-order valence-corrected chi connectivity index (χ3v) is 8.85. The van der Waals surface area contributed by atoms with Crippen molar-refractivity contribution in [3.8, 4) is 5.75 Å². The van der Waals surface area contributed by atoms with Gasteiger partial charge in [0.2, 0.25) is 5.78 Å². The largest absolute Gasteiger partial charge is 0.508 e. The molecule has 2 fully saturated rings. The molecule has 1 aromatic carbocycles. The number of benzene rings is 1. The highest BCUT2D eigenvalue weighted by Crippen LogP contribution is 2.53. The Morgan fingerprint density at radius 1 is 1.18 bits per heavy atom. The van der Waals surface area contributed by atoms with Gasteiger partial charge in [-0.2, -0.15) is 0 Å². The molecule has 0 radical (unpaired) electrons. The van der Waals surface area contributed by atoms with Crippen molar-refractivity contribution in [2.45, 2.75) is 56.3 Å². The number of fused-ring (bicyclic) bond motifs is 3. The number of hydrogen-bond donors (Lipinski definition) is 5. The topological polar surface area (TPSA) is 165 Å². The molecule has 4 aliphatic rings. The van der Waals surface area contributed by atoms with Crippen LogP contribution in [-0.2, 0) is 27.3 Å². The highest BCUT2D eigenvalue weighted by molar-refractivity contribution is 6.24. The van der Waals surface area contributed by atoms with E-state index in [0.29, 0.717) is 6.04 Å². The van der Waals surface area contributed by atoms with Gasteiger partial charge < -0.3 is 26.2 Å². The molecule has 6 N–H and O–H groups in total. The molecule has 0 bridgehead atoms. The summed E-state index contributed by atoms with van der Waals surface area (Å²) in [5.74, 6) is -8.12. The number of Topliss-reactive ketones (excluding diaryl/α,β-unsaturated/α-hetero) is 2. The maximum Gasteiger partial charge on any atom is 0.255 e. The van der Waals surface area contributed by atoms with Gasteiger partial charge in [-0.15, -0.1) is 0 Å². The smallest absolute Gasteiger partial charge is 0.255 e. The fourth-order valence-corrected chi connectivity index (χ4v) is 6.69. The van der Waals surface area contributed by atoms with Crippen molar-refractivity contribution in [2.75, 3.05) is 21.1 Å². The van der Waals surface area contributed by atoms with Crippen LogP contribution in [0.1, 0.15) is 42.4 Å². The maximum absolute atomic E-state index is 15.8. The zero-order chi connectivity index (χ0) is 27.8. The number of likely N-dealkylation sites (N-methyl/N-ethyl adjacent to an activating group) is 1. The van der Waals surface area contributed by atoms with Crippen molar-refractivity contribution in [1.29, 1.82) is 0 Å². The molecule has 1 aromatic rings. The number of amides is 1. The summed E-state index contributed by atoms with van der Waals surface area (Å²) in [6, 6.07) is 0.377. The zero-order valence-corrected chi connectivity index (χ0v) is 21.5. The molecule has 0 aromatic heterocycles. The number of nitrogens with two attached hydrogens (primary N) is 1. The minimum absolute atomic E-state index is 0.0487. The van der Waals surface area contributed by atoms with Crippen molar-refractivity contribution in [3.63, 3.8) is 0 Å². The fraction of sp³-hybridized carbons (Fsp3) is 0.519. The number of aliphatic hydroxyl groups is 3. The van der Waals surface area contributed by atoms with Gasteiger partial charge in [0.15, 0.2) is 11.4 Å². The molecule has 0 saturated heterocycles. The van der Waals surface area contributed by atoms with Gasteiger partial charge in [-0.25, -0.2) is 4.39 Å². The highest BCUT2D eigenvalue weighted by Gasteiger charge is 2.64. The van der Waals surface area contributed by atoms with Crippen LogP contribution in [0.5, 0.6) is 5.75 Å². The van der Waals surface area contributed by atoms with E-state index in [1.807, 2.05) is 11.9 Å². The van der Waals surface area contributed by atoms with Crippen LogP contribution in [0.2, 0.25) is 0 Å². The molecular weight excluding hydrogens is 497 g/mol. The van der Waals surface area contributed by atoms with Crippen LogP contribution in [0.15, 0.2) is 23.0 Å². The predicted octanol–water partition coefficient (Wildman–Crippen LogP) is 1.09. The van der Waals surface area contributed by atoms with E-state index in [9.17, 15) is 34.8 Å². The zero-order valence-electron chi connectivity index (χ0n) is 21.5. The van der Waals surface area contributed by atoms with Crippen molar-refractivity contribution >= 4 is 23.2 Å². The number of carbonyl (C=O) groups is 3. The Labute approximate surface area is 218 Å². The van der Waals surface area contributed by atoms with Crippen LogP contribution in [0.25, 0.3) is 5.76 Å². The molecular formula is C27H32FN3O7. The van der Waals surface area contributed by atoms with Gasteiger partial charge >= 0.3 is 0 Å². The number of nitrogens with zero attached hydrogens (tertiary/aromatic N) is 2. The second-order valence-corrected chi connectivity index (χ2v) is 11.2. The second-order valence-electron chi connectivity index (χ2n) is 11.2. The molecule has 0 unspecified atom stereocenters. The maximum atomic E-state index is 15.8. The van der Waals surface area contributed by atoms with E-state index in [1.54, 1.807) is 0 Å². The van der Waals surface area contributed by atoms with Gasteiger partial charge in [0.1, 0.15) is 28.7 Å². The summed E-state index contributed by atoms with van der Waals surface area (Å²) < 4.78 is 15.8. The van der Waals surface area contributed by atoms with E-state index in [2.05, 4.69) is 0 Å². The number of halogens is 1. The highest BCUT2D eigenvalue weighted by atomic mass is 19.1. The minimum Gasteiger partial charge on any atom is -0.508 e. The molecule has 0 spiro atoms. The van der Waals surface area contributed by atoms with Crippen molar-refractivity contribution in [1.82, 2.24) is 9.80 Å². The number of aromatic hydroxyl groups is 1. The van der Waals surface area contributed by atoms with Crippen LogP contribution in [0.4, 0.5) is 4.39 Å². The van der Waals surface area contributed by atoms with Gasteiger partial charge in [-0.3, -0.25) is 24.2 Å². The Bertz CT molecular complexity index is 1330. The number of ketones is 2. The third-order valence-electron chi connectivity index (χ3n) is 8.85. The minimum atomic E-state index is -2.72. The Kier molecular flexibility index (Phi) is 6.16. The van der Waals surface area contributed by atoms with Crippen LogP contribution in [0, 0.1) is 17.7 Å². The normalized spacial score (nSPS) is 29.4. The van der Waals surface area contributed by atoms with Crippen LogP contribution in [-0.4, -0.2) is 86.5 Å². The van der Waals surface area contributed by atoms with Gasteiger partial charge in [-0.05, 0) is 58.8 Å². The van der Waals surface area contributed by atoms with Crippen molar-refractivity contribution in [3.05, 3.63) is 45.5 Å². The Morgan fingerprint density at radius 2 is 1.84 bits per heavy atom. The molecule has 4 atom stereocenters. The van der Waals surface area contributed by atoms with Gasteiger partial charge in [-0.1, -0.05) is 6.42 Å². The quantitative estimate of drug-likeness (QED) is 0.351. The van der Waals surface area contributed by atoms with Crippen molar-refractivity contribution in [2.24, 2.45) is 17.6 Å². The van der Waals surface area contributed by atoms with E-state index in [-0.39, 0.29) is 41.6 Å². The third kappa shape index (κ3) is 3.52. The molecule has 0 heterocycles. The number of rotatable bonds is 5. The summed E-state index contributed by atoms with van der Waals surface area (Å²) in [5, 5.41) is 44.4. The van der Waals surface area contributed by atoms with E-state index < -0.39 is 69.6 Å². The van der Waals surface area contributed by atoms with Crippen LogP contribution < -0.4 is 5.73 Å². The SMILES string of the molecule is CN(Cc1cc(O)c2c(c1F)C[C@H]1C[C@H]3[C@H](N(C)C)C(=O)C(C(N)=O)=C(O)[C@@]3(O)C(=O)C1=C2O)C1CCC1. The molecule has 5 rings (SSSR count). The Morgan fingerprint density at radius 3 is 2.39 bits per heavy atom. The lowest BCUT2D eigenvalue weighted by atomic mass is 9.57. The van der Waals surface area contributed by atoms with Gasteiger partial charge in [0.25, 0.3) is 5.91 Å². The molecule has 4 aliphatic carbocycles. The number of aliphatic hydroxyl groups excluding tert-OH is 2. The summed E-state index contributed by atoms with van der Waals surface area (Å²) in [7, 11) is 4.93. The molecule has 204 valence electrons. The van der Waals surface area contributed by atoms with Crippen molar-refractivity contribution < 1.29 is 39.2 Å². The van der Waals surface area contributed by atoms with Crippen LogP contribution >= 0.6 is 0 Å². The monoisotopic (exact) mass is 529 g/mol. The van der Waals surface area contributed by atoms with E-state index in [4.69, 9.17) is 5.73 Å². The molecule has 10 nitrogen and oxygen atoms in total. The standard InChI is InChI=1S/C27H32FN3O7/c1-30(2)21-15-8-11-7-14-18(16(32)9-12(20(14)28)10-31(3)13-5-4-6-13)22(33)17(11)24(35)27(15,38)25(36)19(23(21)34)26(29)37/h9,11,13,15,21,32-33,36,38H,4-8,10H2,1-3H3,(H2,29,37)/t11-,15-,21-,27-/m0/s1. The number of hydrogen-bond acceptors (Lipinski definition) is 9. The second kappa shape index (κ2) is 8.89. The number of phenolic OH excluding ortho intramolecular Hbond substituents is 1. The Hall–Kier alpha value is -3.28. The molecule has 38 heavy (non-hydrogen) atoms. The summed E-state index contributed by atoms with van der Waals surface area (Å²) in [6.45, 7) is 0.256. The number of carbonyl (C=O) groups excluding carboxylic acids is 3. The first-order chi connectivity index (χ1) is 17.8. The number of phenols is 1. The Balaban J connectivity index is 1.64. The molecule has 11 heteroatoms. The summed E-state index contributed by atoms with van der Waals surface area (Å²) in [5.41, 5.74) is 1.49. The average Bonchev–Trinajstić information content (AvgIpc) is 2.77. The predicted molar refractivity (Wildman–Crippen MR) is 133 cm³/mol. The lowest BCUT2D eigenvalue weighted by Crippen LogP contribution is -2.65. The first-order valence-electron chi connectivity index (χ1n) is 12.7. The van der Waals surface area contributed by atoms with E-state index in [1.165, 1.54) is 25.1 Å². The number of primary amides is 1. The lowest BCUT2D eigenvalue weighted by Gasteiger charge is -2.50. The average molecular weight is 530 g/mol. The summed E-state index contributed by atoms with van der Waals surface area (Å²) >= 11 is 0. The van der Waals surface area contributed by atoms with Gasteiger partial charge in [0, 0.05) is 35.2 Å². The molecule has 1 amide bonds. The lowest BCUT2D eigenvalue weighted by molar-refractivity contribution is -0.153. The summed E-state index contributed by atoms with van der Waals surface area (Å²) in [6.07, 6.45) is 2.98. The van der Waals surface area contributed by atoms with E-state index >= 15 is 4.39 Å². The fourth-order valence-electron chi connectivity index (χ4n) is 6.69. The van der Waals surface area contributed by atoms with Gasteiger partial charge in [0.05, 0.1) is 11.6 Å². The summed E-state index contributed by atoms with van der Waals surface area (Å²) in [4.78, 5) is 42.4. The first-order valence-corrected chi connectivity index (χ1v) is 12.7. The van der Waals surface area contributed by atoms with Crippen LogP contribution in [0.3, 0.4) is 0 Å². The molecule has 0 aliphatic heterocycles. The molecule has 2 saturated carbocycles. The first kappa shape index (κ1) is 26.3. The van der Waals surface area contributed by atoms with E-state index in [0.717, 1.165) is 19.3 Å².